The average molecular weight is 583 g/mol. The number of ether oxygens (including phenoxy) is 1. The van der Waals surface area contributed by atoms with Gasteiger partial charge in [0.2, 0.25) is 17.7 Å². The smallest absolute Gasteiger partial charge is 0.331 e. The summed E-state index contributed by atoms with van der Waals surface area (Å²) in [5, 5.41) is 6.21. The predicted octanol–water partition coefficient (Wildman–Crippen LogP) is 3.11. The number of methoxy groups -OCH3 is 1. The fraction of sp³-hybridized carbons (Fsp3) is 0.379. The summed E-state index contributed by atoms with van der Waals surface area (Å²) in [4.78, 5) is 62.7. The second-order valence-electron chi connectivity index (χ2n) is 11.2. The van der Waals surface area contributed by atoms with E-state index in [0.29, 0.717) is 47.0 Å². The molecule has 1 saturated heterocycles. The third-order valence-electron chi connectivity index (χ3n) is 8.14. The van der Waals surface area contributed by atoms with Gasteiger partial charge in [0.05, 0.1) is 24.5 Å². The van der Waals surface area contributed by atoms with Crippen molar-refractivity contribution in [3.05, 3.63) is 60.2 Å². The zero-order chi connectivity index (χ0) is 29.8. The lowest BCUT2D eigenvalue weighted by Crippen LogP contribution is -2.30. The normalized spacial score (nSPS) is 20.4. The molecule has 3 atom stereocenters. The Labute approximate surface area is 246 Å². The van der Waals surface area contributed by atoms with Crippen LogP contribution >= 0.6 is 0 Å². The van der Waals surface area contributed by atoms with Gasteiger partial charge in [0, 0.05) is 49.6 Å². The van der Waals surface area contributed by atoms with E-state index in [0.717, 1.165) is 29.0 Å². The minimum Gasteiger partial charge on any atom is -0.481 e. The Kier molecular flexibility index (Phi) is 6.40. The van der Waals surface area contributed by atoms with Crippen LogP contribution in [-0.2, 0) is 9.59 Å². The molecule has 3 aliphatic rings. The number of rotatable bonds is 9. The molecule has 2 N–H and O–H groups in total. The second kappa shape index (κ2) is 10.3. The Bertz CT molecular complexity index is 1770. The molecule has 1 aliphatic heterocycles. The fourth-order valence-electron chi connectivity index (χ4n) is 5.39. The van der Waals surface area contributed by atoms with Crippen molar-refractivity contribution >= 4 is 40.8 Å². The zero-order valence-corrected chi connectivity index (χ0v) is 23.9. The van der Waals surface area contributed by atoms with Gasteiger partial charge in [-0.25, -0.2) is 24.7 Å². The molecule has 4 amide bonds. The summed E-state index contributed by atoms with van der Waals surface area (Å²) in [5.74, 6) is 1.67. The van der Waals surface area contributed by atoms with Crippen molar-refractivity contribution in [3.8, 4) is 5.88 Å². The molecule has 2 unspecified atom stereocenters. The van der Waals surface area contributed by atoms with Crippen LogP contribution in [-0.4, -0.2) is 72.8 Å². The number of urea groups is 1. The molecule has 7 rings (SSSR count). The number of pyridine rings is 1. The number of likely N-dealkylation sites (N-methyl/N-ethyl adjacent to an activating group) is 1. The van der Waals surface area contributed by atoms with E-state index in [4.69, 9.17) is 9.72 Å². The molecule has 14 nitrogen and oxygen atoms in total. The summed E-state index contributed by atoms with van der Waals surface area (Å²) in [5.41, 5.74) is 3.06. The van der Waals surface area contributed by atoms with Crippen LogP contribution in [0.15, 0.2) is 43.1 Å². The lowest BCUT2D eigenvalue weighted by atomic mass is 10.1. The minimum absolute atomic E-state index is 0.0152. The molecule has 2 aliphatic carbocycles. The maximum Gasteiger partial charge on any atom is 0.331 e. The van der Waals surface area contributed by atoms with Gasteiger partial charge in [-0.15, -0.1) is 0 Å². The highest BCUT2D eigenvalue weighted by molar-refractivity contribution is 6.13. The lowest BCUT2D eigenvalue weighted by Gasteiger charge is -2.17. The molecule has 3 fully saturated rings. The van der Waals surface area contributed by atoms with Gasteiger partial charge in [-0.3, -0.25) is 19.4 Å². The third-order valence-corrected chi connectivity index (χ3v) is 8.14. The third kappa shape index (κ3) is 5.08. The standard InChI is InChI=1S/C29H30N10O4/c1-15(20-12-38-11-17(16-4-5-16)8-21(27(38)34-20)39-13-25(40)37(2)29(39)42)33-22-10-23(32-14-31-22)35-28(41)19-9-18(19)26-30-7-6-24(36-26)43-3/h6-8,10-12,14-16,18-19H,4-5,9,13H2,1-3H3,(H2,31,32,33,35,41)/t15-,18?,19?/m1/s1. The van der Waals surface area contributed by atoms with E-state index in [1.54, 1.807) is 25.4 Å². The maximum atomic E-state index is 12.9. The molecular weight excluding hydrogens is 552 g/mol. The summed E-state index contributed by atoms with van der Waals surface area (Å²) in [6, 6.07) is 4.69. The van der Waals surface area contributed by atoms with Crippen LogP contribution < -0.4 is 20.3 Å². The van der Waals surface area contributed by atoms with Gasteiger partial charge in [0.1, 0.15) is 30.3 Å². The first-order chi connectivity index (χ1) is 20.8. The van der Waals surface area contributed by atoms with Gasteiger partial charge in [0.25, 0.3) is 0 Å². The number of anilines is 3. The average Bonchev–Trinajstić information content (AvgIpc) is 3.94. The summed E-state index contributed by atoms with van der Waals surface area (Å²) < 4.78 is 7.09. The Morgan fingerprint density at radius 2 is 1.91 bits per heavy atom. The highest BCUT2D eigenvalue weighted by atomic mass is 16.5. The first-order valence-corrected chi connectivity index (χ1v) is 14.2. The van der Waals surface area contributed by atoms with Crippen molar-refractivity contribution in [1.82, 2.24) is 34.2 Å². The van der Waals surface area contributed by atoms with E-state index < -0.39 is 0 Å². The maximum absolute atomic E-state index is 12.9. The van der Waals surface area contributed by atoms with E-state index in [1.807, 2.05) is 29.8 Å². The van der Waals surface area contributed by atoms with Gasteiger partial charge in [-0.1, -0.05) is 0 Å². The Balaban J connectivity index is 1.07. The van der Waals surface area contributed by atoms with Gasteiger partial charge >= 0.3 is 6.03 Å². The molecule has 4 aromatic heterocycles. The predicted molar refractivity (Wildman–Crippen MR) is 155 cm³/mol. The van der Waals surface area contributed by atoms with Crippen molar-refractivity contribution in [2.45, 2.75) is 44.1 Å². The van der Waals surface area contributed by atoms with Crippen LogP contribution in [0.2, 0.25) is 0 Å². The second-order valence-corrected chi connectivity index (χ2v) is 11.2. The quantitative estimate of drug-likeness (QED) is 0.281. The first-order valence-electron chi connectivity index (χ1n) is 14.2. The number of fused-ring (bicyclic) bond motifs is 1. The summed E-state index contributed by atoms with van der Waals surface area (Å²) in [7, 11) is 3.03. The largest absolute Gasteiger partial charge is 0.481 e. The minimum atomic E-state index is -0.361. The Hall–Kier alpha value is -5.14. The number of imidazole rings is 1. The van der Waals surface area contributed by atoms with E-state index in [2.05, 4.69) is 30.6 Å². The number of carbonyl (C=O) groups is 3. The van der Waals surface area contributed by atoms with Gasteiger partial charge in [-0.05, 0) is 43.7 Å². The van der Waals surface area contributed by atoms with Crippen LogP contribution in [0.1, 0.15) is 61.1 Å². The van der Waals surface area contributed by atoms with Crippen molar-refractivity contribution in [3.63, 3.8) is 0 Å². The number of nitrogens with one attached hydrogen (secondary N) is 2. The number of hydrogen-bond acceptors (Lipinski definition) is 10. The Morgan fingerprint density at radius 3 is 2.65 bits per heavy atom. The Morgan fingerprint density at radius 1 is 1.09 bits per heavy atom. The summed E-state index contributed by atoms with van der Waals surface area (Å²) >= 11 is 0. The van der Waals surface area contributed by atoms with Crippen LogP contribution in [0, 0.1) is 5.92 Å². The van der Waals surface area contributed by atoms with E-state index in [9.17, 15) is 14.4 Å². The molecule has 0 aromatic carbocycles. The molecule has 4 aromatic rings. The van der Waals surface area contributed by atoms with Crippen LogP contribution in [0.3, 0.4) is 0 Å². The van der Waals surface area contributed by atoms with Crippen molar-refractivity contribution in [2.24, 2.45) is 5.92 Å². The topological polar surface area (TPSA) is 160 Å². The van der Waals surface area contributed by atoms with Crippen molar-refractivity contribution < 1.29 is 19.1 Å². The van der Waals surface area contributed by atoms with Crippen LogP contribution in [0.5, 0.6) is 5.88 Å². The van der Waals surface area contributed by atoms with Crippen molar-refractivity contribution in [2.75, 3.05) is 36.2 Å². The molecule has 14 heteroatoms. The SMILES string of the molecule is COc1ccnc(C2CC2C(=O)Nc2cc(N[C@H](C)c3cn4cc(C5CC5)cc(N5CC(=O)N(C)C5=O)c4n3)ncn2)n1. The first kappa shape index (κ1) is 26.7. The number of aromatic nitrogens is 6. The number of imide groups is 1. The lowest BCUT2D eigenvalue weighted by molar-refractivity contribution is -0.124. The molecule has 5 heterocycles. The van der Waals surface area contributed by atoms with E-state index >= 15 is 0 Å². The summed E-state index contributed by atoms with van der Waals surface area (Å²) in [6.45, 7) is 1.93. The fourth-order valence-corrected chi connectivity index (χ4v) is 5.39. The van der Waals surface area contributed by atoms with Crippen LogP contribution in [0.25, 0.3) is 5.65 Å². The molecule has 2 saturated carbocycles. The zero-order valence-electron chi connectivity index (χ0n) is 23.9. The molecule has 43 heavy (non-hydrogen) atoms. The van der Waals surface area contributed by atoms with E-state index in [1.165, 1.54) is 18.3 Å². The number of hydrogen-bond donors (Lipinski definition) is 2. The van der Waals surface area contributed by atoms with E-state index in [-0.39, 0.29) is 42.3 Å². The highest BCUT2D eigenvalue weighted by Crippen LogP contribution is 2.47. The number of nitrogens with zero attached hydrogens (tertiary/aromatic N) is 8. The van der Waals surface area contributed by atoms with Crippen molar-refractivity contribution in [1.29, 1.82) is 0 Å². The molecular formula is C29H30N10O4. The molecule has 0 spiro atoms. The van der Waals surface area contributed by atoms with Crippen LogP contribution in [0.4, 0.5) is 22.1 Å². The molecule has 0 radical (unpaired) electrons. The van der Waals surface area contributed by atoms with Gasteiger partial charge in [-0.2, -0.15) is 4.98 Å². The molecule has 0 bridgehead atoms. The highest BCUT2D eigenvalue weighted by Gasteiger charge is 2.46. The summed E-state index contributed by atoms with van der Waals surface area (Å²) in [6.07, 6.45) is 9.83. The number of carbonyl (C=O) groups excluding carboxylic acids is 3. The molecule has 220 valence electrons. The van der Waals surface area contributed by atoms with Gasteiger partial charge < -0.3 is 19.8 Å². The van der Waals surface area contributed by atoms with Gasteiger partial charge in [0.15, 0.2) is 5.65 Å². The monoisotopic (exact) mass is 582 g/mol. The number of amides is 4.